The molecule has 0 spiro atoms. The molecule has 4 aromatic rings. The molecule has 0 bridgehead atoms. The van der Waals surface area contributed by atoms with Gasteiger partial charge in [-0.15, -0.1) is 0 Å². The van der Waals surface area contributed by atoms with Crippen LogP contribution in [0, 0.1) is 0 Å². The van der Waals surface area contributed by atoms with Crippen LogP contribution in [-0.4, -0.2) is 47.3 Å². The second-order valence-electron chi connectivity index (χ2n) is 11.4. The molecule has 2 unspecified atom stereocenters. The van der Waals surface area contributed by atoms with E-state index < -0.39 is 35.7 Å². The van der Waals surface area contributed by atoms with E-state index in [1.54, 1.807) is 36.4 Å². The first-order chi connectivity index (χ1) is 23.2. The van der Waals surface area contributed by atoms with Crippen LogP contribution in [0.15, 0.2) is 109 Å². The quantitative estimate of drug-likeness (QED) is 0.145. The smallest absolute Gasteiger partial charge is 0.245 e. The van der Waals surface area contributed by atoms with Crippen LogP contribution in [0.5, 0.6) is 5.75 Å². The van der Waals surface area contributed by atoms with E-state index in [1.165, 1.54) is 6.92 Å². The van der Waals surface area contributed by atoms with Gasteiger partial charge in [-0.05, 0) is 46.9 Å². The molecule has 5 N–H and O–H groups in total. The Morgan fingerprint density at radius 2 is 1.27 bits per heavy atom. The number of nitrogens with one attached hydrogen (secondary N) is 3. The van der Waals surface area contributed by atoms with Crippen LogP contribution in [0.3, 0.4) is 0 Å². The van der Waals surface area contributed by atoms with Crippen LogP contribution >= 0.6 is 0 Å². The summed E-state index contributed by atoms with van der Waals surface area (Å²) in [5.41, 5.74) is 12.5. The Morgan fingerprint density at radius 3 is 1.85 bits per heavy atom. The molecule has 2 atom stereocenters. The molecule has 48 heavy (non-hydrogen) atoms. The lowest BCUT2D eigenvalue weighted by Crippen LogP contribution is -2.60. The summed E-state index contributed by atoms with van der Waals surface area (Å²) in [6.45, 7) is 4.33. The fourth-order valence-corrected chi connectivity index (χ4v) is 5.18. The van der Waals surface area contributed by atoms with Crippen molar-refractivity contribution in [1.29, 1.82) is 0 Å². The van der Waals surface area contributed by atoms with Crippen molar-refractivity contribution in [3.05, 3.63) is 137 Å². The minimum absolute atomic E-state index is 0.00725. The van der Waals surface area contributed by atoms with Gasteiger partial charge in [0.1, 0.15) is 17.8 Å². The number of ether oxygens (including phenoxy) is 1. The van der Waals surface area contributed by atoms with Crippen molar-refractivity contribution in [2.75, 3.05) is 6.61 Å². The van der Waals surface area contributed by atoms with Crippen LogP contribution in [0.1, 0.15) is 41.7 Å². The highest BCUT2D eigenvalue weighted by Gasteiger charge is 2.33. The molecule has 0 saturated carbocycles. The summed E-state index contributed by atoms with van der Waals surface area (Å²) < 4.78 is 5.56. The van der Waals surface area contributed by atoms with Crippen molar-refractivity contribution in [3.63, 3.8) is 0 Å². The summed E-state index contributed by atoms with van der Waals surface area (Å²) in [6, 6.07) is 31.1. The van der Waals surface area contributed by atoms with Crippen LogP contribution in [0.25, 0.3) is 0 Å². The van der Waals surface area contributed by atoms with E-state index in [1.807, 2.05) is 79.7 Å². The van der Waals surface area contributed by atoms with Crippen molar-refractivity contribution in [2.45, 2.75) is 58.3 Å². The summed E-state index contributed by atoms with van der Waals surface area (Å²) >= 11 is 0. The molecular formula is C38H43N5O5. The molecule has 0 aliphatic rings. The number of nitrogens with two attached hydrogens (primary N) is 1. The standard InChI is InChI=1S/C38H43N5O5/c1-3-48-33-20-18-30(19-21-33)23-35(43(27(2)44)42-36(45)24-29-12-8-5-9-13-29)38(47)41-34(22-28-10-6-4-7-11-28)37(46)40-26-32-16-14-31(25-39)15-17-32/h4-21,34-35H,3,22-26,39H2,1-2H3,(H,40,46)(H,41,47)(H,42,45). The summed E-state index contributed by atoms with van der Waals surface area (Å²) in [5, 5.41) is 6.87. The second kappa shape index (κ2) is 18.0. The van der Waals surface area contributed by atoms with Gasteiger partial charge in [-0.25, -0.2) is 5.01 Å². The lowest BCUT2D eigenvalue weighted by molar-refractivity contribution is -0.148. The fraction of sp³-hybridized carbons (Fsp3) is 0.263. The van der Waals surface area contributed by atoms with Crippen LogP contribution in [0.4, 0.5) is 0 Å². The lowest BCUT2D eigenvalue weighted by Gasteiger charge is -2.31. The van der Waals surface area contributed by atoms with Gasteiger partial charge in [-0.3, -0.25) is 24.6 Å². The molecular weight excluding hydrogens is 606 g/mol. The third-order valence-corrected chi connectivity index (χ3v) is 7.71. The van der Waals surface area contributed by atoms with Crippen LogP contribution < -0.4 is 26.5 Å². The largest absolute Gasteiger partial charge is 0.494 e. The van der Waals surface area contributed by atoms with Gasteiger partial charge < -0.3 is 21.1 Å². The maximum atomic E-state index is 14.2. The van der Waals surface area contributed by atoms with Gasteiger partial charge in [0.25, 0.3) is 0 Å². The van der Waals surface area contributed by atoms with Crippen molar-refractivity contribution >= 4 is 23.6 Å². The van der Waals surface area contributed by atoms with Crippen molar-refractivity contribution in [2.24, 2.45) is 5.73 Å². The number of hydrogen-bond donors (Lipinski definition) is 4. The Balaban J connectivity index is 1.59. The van der Waals surface area contributed by atoms with E-state index in [0.29, 0.717) is 18.9 Å². The Bertz CT molecular complexity index is 1630. The first kappa shape index (κ1) is 35.4. The minimum atomic E-state index is -1.17. The molecule has 0 fully saturated rings. The van der Waals surface area contributed by atoms with Gasteiger partial charge in [0, 0.05) is 32.9 Å². The fourth-order valence-electron chi connectivity index (χ4n) is 5.18. The highest BCUT2D eigenvalue weighted by Crippen LogP contribution is 2.16. The third-order valence-electron chi connectivity index (χ3n) is 7.71. The maximum absolute atomic E-state index is 14.2. The molecule has 0 radical (unpaired) electrons. The molecule has 0 aliphatic carbocycles. The molecule has 4 amide bonds. The van der Waals surface area contributed by atoms with Gasteiger partial charge in [0.15, 0.2) is 0 Å². The summed E-state index contributed by atoms with van der Waals surface area (Å²) in [6.07, 6.45) is 0.282. The molecule has 0 heterocycles. The SMILES string of the molecule is CCOc1ccc(CC(C(=O)NC(Cc2ccccc2)C(=O)NCc2ccc(CN)cc2)N(NC(=O)Cc2ccccc2)C(C)=O)cc1. The highest BCUT2D eigenvalue weighted by atomic mass is 16.5. The number of carbonyl (C=O) groups is 4. The van der Waals surface area contributed by atoms with E-state index in [0.717, 1.165) is 32.8 Å². The maximum Gasteiger partial charge on any atom is 0.245 e. The van der Waals surface area contributed by atoms with Crippen molar-refractivity contribution in [3.8, 4) is 5.75 Å². The predicted molar refractivity (Wildman–Crippen MR) is 184 cm³/mol. The molecule has 10 heteroatoms. The average Bonchev–Trinajstić information content (AvgIpc) is 3.10. The third kappa shape index (κ3) is 10.8. The average molecular weight is 650 g/mol. The number of hydrazine groups is 1. The number of rotatable bonds is 15. The molecule has 0 saturated heterocycles. The van der Waals surface area contributed by atoms with E-state index in [-0.39, 0.29) is 25.8 Å². The van der Waals surface area contributed by atoms with E-state index in [4.69, 9.17) is 10.5 Å². The zero-order chi connectivity index (χ0) is 34.3. The topological polar surface area (TPSA) is 143 Å². The number of amides is 4. The zero-order valence-corrected chi connectivity index (χ0v) is 27.4. The predicted octanol–water partition coefficient (Wildman–Crippen LogP) is 3.62. The number of hydrogen-bond acceptors (Lipinski definition) is 6. The molecule has 10 nitrogen and oxygen atoms in total. The molecule has 4 rings (SSSR count). The highest BCUT2D eigenvalue weighted by molar-refractivity contribution is 5.93. The van der Waals surface area contributed by atoms with Crippen molar-refractivity contribution in [1.82, 2.24) is 21.1 Å². The molecule has 4 aromatic carbocycles. The Labute approximate surface area is 281 Å². The van der Waals surface area contributed by atoms with Gasteiger partial charge in [-0.2, -0.15) is 0 Å². The van der Waals surface area contributed by atoms with Crippen LogP contribution in [-0.2, 0) is 51.5 Å². The van der Waals surface area contributed by atoms with Gasteiger partial charge in [-0.1, -0.05) is 97.1 Å². The second-order valence-corrected chi connectivity index (χ2v) is 11.4. The number of benzene rings is 4. The summed E-state index contributed by atoms with van der Waals surface area (Å²) in [7, 11) is 0. The monoisotopic (exact) mass is 649 g/mol. The minimum Gasteiger partial charge on any atom is -0.494 e. The summed E-state index contributed by atoms with van der Waals surface area (Å²) in [4.78, 5) is 54.0. The molecule has 0 aromatic heterocycles. The lowest BCUT2D eigenvalue weighted by atomic mass is 10.0. The van der Waals surface area contributed by atoms with E-state index >= 15 is 0 Å². The van der Waals surface area contributed by atoms with Crippen molar-refractivity contribution < 1.29 is 23.9 Å². The first-order valence-electron chi connectivity index (χ1n) is 16.0. The molecule has 250 valence electrons. The summed E-state index contributed by atoms with van der Waals surface area (Å²) in [5.74, 6) is -1.31. The zero-order valence-electron chi connectivity index (χ0n) is 27.4. The molecule has 0 aliphatic heterocycles. The van der Waals surface area contributed by atoms with Crippen LogP contribution in [0.2, 0.25) is 0 Å². The Kier molecular flexibility index (Phi) is 13.3. The van der Waals surface area contributed by atoms with Gasteiger partial charge in [0.05, 0.1) is 13.0 Å². The van der Waals surface area contributed by atoms with E-state index in [2.05, 4.69) is 16.1 Å². The first-order valence-corrected chi connectivity index (χ1v) is 16.0. The Morgan fingerprint density at radius 1 is 0.708 bits per heavy atom. The van der Waals surface area contributed by atoms with Gasteiger partial charge >= 0.3 is 0 Å². The van der Waals surface area contributed by atoms with Gasteiger partial charge in [0.2, 0.25) is 23.6 Å². The number of carbonyl (C=O) groups excluding carboxylic acids is 4. The normalized spacial score (nSPS) is 11.9. The number of nitrogens with zero attached hydrogens (tertiary/aromatic N) is 1. The van der Waals surface area contributed by atoms with E-state index in [9.17, 15) is 19.2 Å². The Hall–Kier alpha value is -5.48.